The predicted octanol–water partition coefficient (Wildman–Crippen LogP) is 0.534. The molecular weight excluding hydrogens is 275 g/mol. The second-order valence-electron chi connectivity index (χ2n) is 4.39. The van der Waals surface area contributed by atoms with Gasteiger partial charge in [0.15, 0.2) is 6.10 Å². The van der Waals surface area contributed by atoms with Gasteiger partial charge >= 0.3 is 0 Å². The van der Waals surface area contributed by atoms with Crippen LogP contribution in [-0.4, -0.2) is 48.3 Å². The van der Waals surface area contributed by atoms with Gasteiger partial charge in [0, 0.05) is 12.1 Å². The third-order valence-electron chi connectivity index (χ3n) is 3.01. The second kappa shape index (κ2) is 6.85. The molecule has 1 amide bonds. The minimum atomic E-state index is -0.680. The van der Waals surface area contributed by atoms with Gasteiger partial charge < -0.3 is 14.7 Å². The predicted molar refractivity (Wildman–Crippen MR) is 71.6 cm³/mol. The van der Waals surface area contributed by atoms with Crippen molar-refractivity contribution in [3.8, 4) is 17.9 Å². The lowest BCUT2D eigenvalue weighted by Gasteiger charge is -2.29. The van der Waals surface area contributed by atoms with Gasteiger partial charge in [0.2, 0.25) is 0 Å². The Morgan fingerprint density at radius 1 is 1.57 bits per heavy atom. The average molecular weight is 288 g/mol. The van der Waals surface area contributed by atoms with E-state index >= 15 is 0 Å². The number of benzene rings is 1. The van der Waals surface area contributed by atoms with Crippen molar-refractivity contribution in [3.05, 3.63) is 35.1 Å². The molecular formula is C15H13FN2O3. The van der Waals surface area contributed by atoms with Crippen LogP contribution < -0.4 is 0 Å². The number of halogens is 1. The normalized spacial score (nSPS) is 17.6. The molecule has 1 aliphatic heterocycles. The zero-order valence-corrected chi connectivity index (χ0v) is 11.2. The first-order chi connectivity index (χ1) is 10.2. The third-order valence-corrected chi connectivity index (χ3v) is 3.01. The Balaban J connectivity index is 2.18. The maximum atomic E-state index is 14.0. The van der Waals surface area contributed by atoms with Gasteiger partial charge in [-0.15, -0.1) is 0 Å². The third kappa shape index (κ3) is 3.57. The van der Waals surface area contributed by atoms with Gasteiger partial charge in [-0.25, -0.2) is 4.39 Å². The second-order valence-corrected chi connectivity index (χ2v) is 4.39. The van der Waals surface area contributed by atoms with Crippen molar-refractivity contribution in [2.24, 2.45) is 0 Å². The molecule has 0 aromatic heterocycles. The number of nitrogens with zero attached hydrogens (tertiary/aromatic N) is 2. The highest BCUT2D eigenvalue weighted by atomic mass is 19.1. The number of morpholine rings is 1. The zero-order valence-electron chi connectivity index (χ0n) is 11.2. The molecule has 108 valence electrons. The monoisotopic (exact) mass is 288 g/mol. The van der Waals surface area contributed by atoms with E-state index in [1.807, 2.05) is 6.07 Å². The number of aliphatic hydroxyl groups excluding tert-OH is 1. The number of hydrogen-bond donors (Lipinski definition) is 1. The van der Waals surface area contributed by atoms with E-state index in [9.17, 15) is 9.18 Å². The van der Waals surface area contributed by atoms with Crippen molar-refractivity contribution >= 4 is 5.91 Å². The van der Waals surface area contributed by atoms with E-state index in [2.05, 4.69) is 11.8 Å². The van der Waals surface area contributed by atoms with Crippen molar-refractivity contribution < 1.29 is 19.0 Å². The van der Waals surface area contributed by atoms with Gasteiger partial charge in [0.25, 0.3) is 5.91 Å². The van der Waals surface area contributed by atoms with Gasteiger partial charge in [-0.1, -0.05) is 11.8 Å². The van der Waals surface area contributed by atoms with Crippen molar-refractivity contribution in [1.82, 2.24) is 4.90 Å². The molecule has 1 saturated heterocycles. The number of amides is 1. The Morgan fingerprint density at radius 3 is 3.05 bits per heavy atom. The topological polar surface area (TPSA) is 73.6 Å². The molecule has 1 fully saturated rings. The Bertz CT molecular complexity index is 643. The van der Waals surface area contributed by atoms with Crippen LogP contribution in [-0.2, 0) is 4.74 Å². The van der Waals surface area contributed by atoms with Crippen molar-refractivity contribution in [2.45, 2.75) is 6.10 Å². The number of nitriles is 1. The number of carbonyl (C=O) groups excluding carboxylic acids is 1. The molecule has 1 atom stereocenters. The van der Waals surface area contributed by atoms with Crippen LogP contribution >= 0.6 is 0 Å². The van der Waals surface area contributed by atoms with Crippen LogP contribution in [0.4, 0.5) is 4.39 Å². The maximum Gasteiger partial charge on any atom is 0.257 e. The number of carbonyl (C=O) groups is 1. The van der Waals surface area contributed by atoms with Crippen LogP contribution in [0.3, 0.4) is 0 Å². The minimum absolute atomic E-state index is 0.0665. The number of aliphatic hydroxyl groups is 1. The van der Waals surface area contributed by atoms with Gasteiger partial charge in [0.05, 0.1) is 24.8 Å². The number of hydrogen-bond acceptors (Lipinski definition) is 4. The van der Waals surface area contributed by atoms with E-state index in [4.69, 9.17) is 15.1 Å². The van der Waals surface area contributed by atoms with Gasteiger partial charge in [0.1, 0.15) is 12.4 Å². The fourth-order valence-corrected chi connectivity index (χ4v) is 1.99. The lowest BCUT2D eigenvalue weighted by Crippen LogP contribution is -2.45. The molecule has 0 aliphatic carbocycles. The van der Waals surface area contributed by atoms with Crippen molar-refractivity contribution in [2.75, 3.05) is 26.3 Å². The molecule has 1 aromatic rings. The summed E-state index contributed by atoms with van der Waals surface area (Å²) in [4.78, 5) is 13.7. The fourth-order valence-electron chi connectivity index (χ4n) is 1.99. The summed E-state index contributed by atoms with van der Waals surface area (Å²) in [7, 11) is 0. The molecule has 1 N–H and O–H groups in total. The summed E-state index contributed by atoms with van der Waals surface area (Å²) in [5.41, 5.74) is 0.318. The highest BCUT2D eigenvalue weighted by molar-refractivity contribution is 5.94. The summed E-state index contributed by atoms with van der Waals surface area (Å²) in [6.45, 7) is 0.390. The minimum Gasteiger partial charge on any atom is -0.384 e. The molecule has 1 heterocycles. The lowest BCUT2D eigenvalue weighted by atomic mass is 10.1. The average Bonchev–Trinajstić information content (AvgIpc) is 2.52. The van der Waals surface area contributed by atoms with E-state index < -0.39 is 17.8 Å². The molecule has 1 unspecified atom stereocenters. The smallest absolute Gasteiger partial charge is 0.257 e. The summed E-state index contributed by atoms with van der Waals surface area (Å²) in [5.74, 6) is 3.83. The highest BCUT2D eigenvalue weighted by Crippen LogP contribution is 2.15. The van der Waals surface area contributed by atoms with Gasteiger partial charge in [-0.05, 0) is 18.2 Å². The van der Waals surface area contributed by atoms with Crippen LogP contribution in [0.5, 0.6) is 0 Å². The van der Waals surface area contributed by atoms with E-state index in [-0.39, 0.29) is 25.3 Å². The summed E-state index contributed by atoms with van der Waals surface area (Å²) < 4.78 is 19.1. The van der Waals surface area contributed by atoms with Crippen LogP contribution in [0, 0.1) is 29.0 Å². The molecule has 21 heavy (non-hydrogen) atoms. The SMILES string of the molecule is N#CC1CN(C(=O)c2ccc(C#CCO)cc2F)CCO1. The molecule has 2 rings (SSSR count). The molecule has 6 heteroatoms. The van der Waals surface area contributed by atoms with Crippen LogP contribution in [0.15, 0.2) is 18.2 Å². The van der Waals surface area contributed by atoms with Crippen molar-refractivity contribution in [3.63, 3.8) is 0 Å². The van der Waals surface area contributed by atoms with E-state index in [1.165, 1.54) is 17.0 Å². The quantitative estimate of drug-likeness (QED) is 0.765. The first-order valence-corrected chi connectivity index (χ1v) is 6.35. The van der Waals surface area contributed by atoms with Crippen LogP contribution in [0.25, 0.3) is 0 Å². The van der Waals surface area contributed by atoms with E-state index in [0.29, 0.717) is 12.1 Å². The first-order valence-electron chi connectivity index (χ1n) is 6.35. The summed E-state index contributed by atoms with van der Waals surface area (Å²) >= 11 is 0. The molecule has 1 aliphatic rings. The fraction of sp³-hybridized carbons (Fsp3) is 0.333. The van der Waals surface area contributed by atoms with Crippen LogP contribution in [0.2, 0.25) is 0 Å². The molecule has 0 spiro atoms. The molecule has 1 aromatic carbocycles. The Labute approximate surface area is 121 Å². The molecule has 0 bridgehead atoms. The largest absolute Gasteiger partial charge is 0.384 e. The summed E-state index contributed by atoms with van der Waals surface area (Å²) in [5, 5.41) is 17.4. The van der Waals surface area contributed by atoms with E-state index in [1.54, 1.807) is 0 Å². The number of rotatable bonds is 1. The zero-order chi connectivity index (χ0) is 15.2. The summed E-state index contributed by atoms with van der Waals surface area (Å²) in [6.07, 6.45) is -0.680. The number of ether oxygens (including phenoxy) is 1. The molecule has 0 radical (unpaired) electrons. The molecule has 5 nitrogen and oxygen atoms in total. The standard InChI is InChI=1S/C15H13FN2O3/c16-14-8-11(2-1-6-19)3-4-13(14)15(20)18-5-7-21-12(9-17)10-18/h3-4,8,12,19H,5-7,10H2. The maximum absolute atomic E-state index is 14.0. The Kier molecular flexibility index (Phi) is 4.89. The van der Waals surface area contributed by atoms with Gasteiger partial charge in [-0.2, -0.15) is 5.26 Å². The van der Waals surface area contributed by atoms with Crippen LogP contribution in [0.1, 0.15) is 15.9 Å². The van der Waals surface area contributed by atoms with Gasteiger partial charge in [-0.3, -0.25) is 4.79 Å². The highest BCUT2D eigenvalue weighted by Gasteiger charge is 2.26. The summed E-state index contributed by atoms with van der Waals surface area (Å²) in [6, 6.07) is 5.96. The Hall–Kier alpha value is -2.41. The molecule has 0 saturated carbocycles. The van der Waals surface area contributed by atoms with Crippen molar-refractivity contribution in [1.29, 1.82) is 5.26 Å². The van der Waals surface area contributed by atoms with E-state index in [0.717, 1.165) is 6.07 Å². The Morgan fingerprint density at radius 2 is 2.38 bits per heavy atom. The lowest BCUT2D eigenvalue weighted by molar-refractivity contribution is 0.00326. The first kappa shape index (κ1) is 15.0.